The zero-order chi connectivity index (χ0) is 30.5. The number of nitrogens with one attached hydrogen (secondary N) is 1. The van der Waals surface area contributed by atoms with Crippen LogP contribution < -0.4 is 5.32 Å². The number of aromatic nitrogens is 3. The molecule has 2 N–H and O–H groups in total. The summed E-state index contributed by atoms with van der Waals surface area (Å²) in [6.07, 6.45) is 4.29. The van der Waals surface area contributed by atoms with Crippen molar-refractivity contribution in [2.24, 2.45) is 0 Å². The summed E-state index contributed by atoms with van der Waals surface area (Å²) < 4.78 is 14.7. The quantitative estimate of drug-likeness (QED) is 0.184. The Bertz CT molecular complexity index is 1710. The summed E-state index contributed by atoms with van der Waals surface area (Å²) in [7, 11) is 0. The van der Waals surface area contributed by atoms with Gasteiger partial charge in [-0.05, 0) is 39.9 Å². The lowest BCUT2D eigenvalue weighted by Gasteiger charge is -2.36. The number of amides is 1. The molecule has 0 saturated carbocycles. The molecule has 3 heterocycles. The number of hydrogen-bond acceptors (Lipinski definition) is 6. The minimum atomic E-state index is -0.628. The first-order valence-electron chi connectivity index (χ1n) is 14.2. The fraction of sp³-hybridized carbons (Fsp3) is 0.206. The second-order valence-corrected chi connectivity index (χ2v) is 11.2. The average molecular weight is 630 g/mol. The van der Waals surface area contributed by atoms with Crippen LogP contribution in [0.4, 0.5) is 0 Å². The van der Waals surface area contributed by atoms with Gasteiger partial charge >= 0.3 is 0 Å². The van der Waals surface area contributed by atoms with E-state index in [-0.39, 0.29) is 29.9 Å². The van der Waals surface area contributed by atoms with Crippen LogP contribution in [0.15, 0.2) is 104 Å². The van der Waals surface area contributed by atoms with Crippen molar-refractivity contribution in [2.45, 2.75) is 44.6 Å². The number of ether oxygens (including phenoxy) is 2. The van der Waals surface area contributed by atoms with Gasteiger partial charge in [0.25, 0.3) is 5.91 Å². The van der Waals surface area contributed by atoms with Gasteiger partial charge in [0.15, 0.2) is 11.4 Å². The number of rotatable bonds is 9. The van der Waals surface area contributed by atoms with E-state index in [1.807, 2.05) is 72.8 Å². The van der Waals surface area contributed by atoms with E-state index in [0.717, 1.165) is 33.4 Å². The van der Waals surface area contributed by atoms with E-state index < -0.39 is 6.29 Å². The van der Waals surface area contributed by atoms with Gasteiger partial charge < -0.3 is 24.5 Å². The van der Waals surface area contributed by atoms with Crippen molar-refractivity contribution in [3.05, 3.63) is 142 Å². The molecular formula is C34H30Cl2N4O4. The van der Waals surface area contributed by atoms with Crippen molar-refractivity contribution in [1.29, 1.82) is 0 Å². The lowest BCUT2D eigenvalue weighted by molar-refractivity contribution is -0.252. The third-order valence-electron chi connectivity index (χ3n) is 7.62. The standard InChI is InChI=1S/C34H30Cl2N4O4/c35-31-32(36)40(21-39-31)19-28-16-30(24-9-7-22(20-41)8-10-24)44-34(43-28)25-13-11-23(12-14-25)29-6-2-1-4-26(29)18-38-33(42)27-5-3-15-37-17-27/h1-15,17,21,28,30,34,41H,16,18-20H2,(H,38,42)/t28-,30+,34+/m0/s1. The summed E-state index contributed by atoms with van der Waals surface area (Å²) in [6.45, 7) is 0.812. The molecule has 3 aromatic carbocycles. The third kappa shape index (κ3) is 6.85. The highest BCUT2D eigenvalue weighted by molar-refractivity contribution is 6.40. The SMILES string of the molecule is O=C(NCc1ccccc1-c1ccc([C@@H]2O[C@H](Cn3cnc(Cl)c3Cl)C[C@H](c3ccc(CO)cc3)O2)cc1)c1cccnc1. The Morgan fingerprint density at radius 2 is 1.73 bits per heavy atom. The minimum Gasteiger partial charge on any atom is -0.392 e. The summed E-state index contributed by atoms with van der Waals surface area (Å²) in [6, 6.07) is 27.3. The third-order valence-corrected chi connectivity index (χ3v) is 8.39. The maximum absolute atomic E-state index is 12.6. The molecule has 2 aromatic heterocycles. The van der Waals surface area contributed by atoms with Gasteiger partial charge in [-0.1, -0.05) is 96.0 Å². The van der Waals surface area contributed by atoms with Gasteiger partial charge in [0, 0.05) is 30.9 Å². The molecule has 44 heavy (non-hydrogen) atoms. The number of benzene rings is 3. The highest BCUT2D eigenvalue weighted by atomic mass is 35.5. The van der Waals surface area contributed by atoms with Crippen molar-refractivity contribution >= 4 is 29.1 Å². The van der Waals surface area contributed by atoms with Crippen LogP contribution in [0.25, 0.3) is 11.1 Å². The van der Waals surface area contributed by atoms with Crippen LogP contribution in [0.3, 0.4) is 0 Å². The van der Waals surface area contributed by atoms with Gasteiger partial charge in [-0.2, -0.15) is 0 Å². The molecule has 6 rings (SSSR count). The number of nitrogens with zero attached hydrogens (tertiary/aromatic N) is 3. The molecule has 1 fully saturated rings. The summed E-state index contributed by atoms with van der Waals surface area (Å²) in [5.74, 6) is -0.177. The van der Waals surface area contributed by atoms with Crippen molar-refractivity contribution in [2.75, 3.05) is 0 Å². The molecule has 224 valence electrons. The van der Waals surface area contributed by atoms with Crippen molar-refractivity contribution in [3.63, 3.8) is 0 Å². The fourth-order valence-electron chi connectivity index (χ4n) is 5.27. The van der Waals surface area contributed by atoms with Crippen LogP contribution in [-0.4, -0.2) is 31.7 Å². The van der Waals surface area contributed by atoms with Crippen molar-refractivity contribution in [3.8, 4) is 11.1 Å². The van der Waals surface area contributed by atoms with E-state index in [1.54, 1.807) is 35.4 Å². The van der Waals surface area contributed by atoms with E-state index in [0.29, 0.717) is 30.2 Å². The Morgan fingerprint density at radius 1 is 0.955 bits per heavy atom. The van der Waals surface area contributed by atoms with Gasteiger partial charge in [0.1, 0.15) is 5.15 Å². The molecule has 0 aliphatic carbocycles. The van der Waals surface area contributed by atoms with Crippen LogP contribution in [-0.2, 0) is 29.2 Å². The monoisotopic (exact) mass is 628 g/mol. The Balaban J connectivity index is 1.21. The smallest absolute Gasteiger partial charge is 0.253 e. The van der Waals surface area contributed by atoms with Gasteiger partial charge in [0.05, 0.1) is 37.3 Å². The van der Waals surface area contributed by atoms with Crippen LogP contribution in [0.5, 0.6) is 0 Å². The number of hydrogen-bond donors (Lipinski definition) is 2. The molecule has 1 aliphatic heterocycles. The van der Waals surface area contributed by atoms with Gasteiger partial charge in [-0.25, -0.2) is 4.98 Å². The summed E-state index contributed by atoms with van der Waals surface area (Å²) in [4.78, 5) is 20.7. The molecule has 0 spiro atoms. The summed E-state index contributed by atoms with van der Waals surface area (Å²) in [5, 5.41) is 13.1. The zero-order valence-corrected chi connectivity index (χ0v) is 25.2. The Morgan fingerprint density at radius 3 is 2.43 bits per heavy atom. The Kier molecular flexibility index (Phi) is 9.35. The Hall–Kier alpha value is -4.05. The second-order valence-electron chi connectivity index (χ2n) is 10.5. The van der Waals surface area contributed by atoms with E-state index in [1.165, 1.54) is 0 Å². The predicted molar refractivity (Wildman–Crippen MR) is 168 cm³/mol. The molecule has 0 radical (unpaired) electrons. The summed E-state index contributed by atoms with van der Waals surface area (Å²) in [5.41, 5.74) is 6.22. The molecule has 1 aliphatic rings. The number of aliphatic hydroxyl groups excluding tert-OH is 1. The van der Waals surface area contributed by atoms with E-state index in [4.69, 9.17) is 32.7 Å². The van der Waals surface area contributed by atoms with Crippen molar-refractivity contribution in [1.82, 2.24) is 19.9 Å². The maximum Gasteiger partial charge on any atom is 0.253 e. The molecule has 3 atom stereocenters. The maximum atomic E-state index is 12.6. The zero-order valence-electron chi connectivity index (χ0n) is 23.6. The summed E-state index contributed by atoms with van der Waals surface area (Å²) >= 11 is 12.5. The van der Waals surface area contributed by atoms with E-state index in [9.17, 15) is 9.90 Å². The number of aliphatic hydroxyl groups is 1. The topological polar surface area (TPSA) is 98.5 Å². The van der Waals surface area contributed by atoms with E-state index >= 15 is 0 Å². The number of carbonyl (C=O) groups is 1. The van der Waals surface area contributed by atoms with Crippen LogP contribution in [0.2, 0.25) is 10.3 Å². The van der Waals surface area contributed by atoms with Crippen molar-refractivity contribution < 1.29 is 19.4 Å². The molecule has 5 aromatic rings. The second kappa shape index (κ2) is 13.7. The largest absolute Gasteiger partial charge is 0.392 e. The molecule has 1 amide bonds. The average Bonchev–Trinajstić information content (AvgIpc) is 3.39. The number of carbonyl (C=O) groups excluding carboxylic acids is 1. The lowest BCUT2D eigenvalue weighted by atomic mass is 9.97. The first kappa shape index (κ1) is 30.0. The Labute approximate surface area is 265 Å². The molecule has 0 bridgehead atoms. The molecule has 8 nitrogen and oxygen atoms in total. The first-order valence-corrected chi connectivity index (χ1v) is 15.0. The molecule has 1 saturated heterocycles. The lowest BCUT2D eigenvalue weighted by Crippen LogP contribution is -2.32. The molecular weight excluding hydrogens is 599 g/mol. The number of imidazole rings is 1. The fourth-order valence-corrected chi connectivity index (χ4v) is 5.59. The molecule has 10 heteroatoms. The first-order chi connectivity index (χ1) is 21.5. The van der Waals surface area contributed by atoms with Gasteiger partial charge in [-0.3, -0.25) is 9.78 Å². The van der Waals surface area contributed by atoms with Crippen LogP contribution in [0, 0.1) is 0 Å². The molecule has 0 unspecified atom stereocenters. The van der Waals surface area contributed by atoms with Gasteiger partial charge in [0.2, 0.25) is 0 Å². The normalized spacial score (nSPS) is 18.2. The predicted octanol–water partition coefficient (Wildman–Crippen LogP) is 6.92. The highest BCUT2D eigenvalue weighted by Gasteiger charge is 2.33. The van der Waals surface area contributed by atoms with E-state index in [2.05, 4.69) is 15.3 Å². The van der Waals surface area contributed by atoms with Crippen LogP contribution >= 0.6 is 23.2 Å². The van der Waals surface area contributed by atoms with Gasteiger partial charge in [-0.15, -0.1) is 0 Å². The van der Waals surface area contributed by atoms with Crippen LogP contribution in [0.1, 0.15) is 51.4 Å². The number of pyridine rings is 1. The highest BCUT2D eigenvalue weighted by Crippen LogP contribution is 2.39. The number of halogens is 2. The minimum absolute atomic E-state index is 0.0214.